The second-order valence-corrected chi connectivity index (χ2v) is 3.79. The first kappa shape index (κ1) is 13.9. The maximum Gasteiger partial charge on any atom is 0.311 e. The van der Waals surface area contributed by atoms with Gasteiger partial charge >= 0.3 is 5.69 Å². The molecule has 0 radical (unpaired) electrons. The molecule has 0 amide bonds. The predicted molar refractivity (Wildman–Crippen MR) is 69.4 cm³/mol. The van der Waals surface area contributed by atoms with Gasteiger partial charge in [-0.3, -0.25) is 10.1 Å². The molecule has 0 aliphatic rings. The van der Waals surface area contributed by atoms with Crippen LogP contribution in [0.1, 0.15) is 6.92 Å². The summed E-state index contributed by atoms with van der Waals surface area (Å²) in [5.41, 5.74) is 6.21. The lowest BCUT2D eigenvalue weighted by Gasteiger charge is -2.07. The van der Waals surface area contributed by atoms with Gasteiger partial charge in [0.2, 0.25) is 5.82 Å². The van der Waals surface area contributed by atoms with Crippen molar-refractivity contribution in [2.45, 2.75) is 6.92 Å². The predicted octanol–water partition coefficient (Wildman–Crippen LogP) is 1.58. The van der Waals surface area contributed by atoms with Gasteiger partial charge in [-0.2, -0.15) is 0 Å². The molecule has 0 aliphatic carbocycles. The van der Waals surface area contributed by atoms with E-state index in [-0.39, 0.29) is 11.5 Å². The van der Waals surface area contributed by atoms with Crippen LogP contribution in [-0.4, -0.2) is 29.7 Å². The fourth-order valence-electron chi connectivity index (χ4n) is 1.22. The standard InChI is InChI=1S/C11H16N4O3/c1-8(2)7-18-6-5-13-10-4-3-9(15(16)17)11(12)14-10/h3-4H,1,5-7H2,2H3,(H3,12,13,14). The normalized spacial score (nSPS) is 10.1. The molecule has 7 heteroatoms. The molecule has 1 rings (SSSR count). The van der Waals surface area contributed by atoms with Crippen LogP contribution in [0.15, 0.2) is 24.3 Å². The Morgan fingerprint density at radius 2 is 2.39 bits per heavy atom. The van der Waals surface area contributed by atoms with E-state index in [9.17, 15) is 10.1 Å². The minimum absolute atomic E-state index is 0.104. The van der Waals surface area contributed by atoms with Crippen molar-refractivity contribution < 1.29 is 9.66 Å². The maximum absolute atomic E-state index is 10.5. The van der Waals surface area contributed by atoms with E-state index in [0.717, 1.165) is 5.57 Å². The molecule has 98 valence electrons. The fraction of sp³-hybridized carbons (Fsp3) is 0.364. The molecule has 1 heterocycles. The molecule has 0 saturated carbocycles. The lowest BCUT2D eigenvalue weighted by atomic mass is 10.4. The van der Waals surface area contributed by atoms with Crippen LogP contribution in [0.25, 0.3) is 0 Å². The minimum atomic E-state index is -0.567. The summed E-state index contributed by atoms with van der Waals surface area (Å²) in [5, 5.41) is 13.5. The molecule has 7 nitrogen and oxygen atoms in total. The first-order valence-corrected chi connectivity index (χ1v) is 5.37. The highest BCUT2D eigenvalue weighted by molar-refractivity contribution is 5.57. The first-order valence-electron chi connectivity index (χ1n) is 5.37. The van der Waals surface area contributed by atoms with Gasteiger partial charge in [-0.15, -0.1) is 0 Å². The third kappa shape index (κ3) is 4.38. The van der Waals surface area contributed by atoms with Crippen molar-refractivity contribution in [1.29, 1.82) is 0 Å². The molecule has 0 unspecified atom stereocenters. The summed E-state index contributed by atoms with van der Waals surface area (Å²) < 4.78 is 5.28. The number of nitrogens with one attached hydrogen (secondary N) is 1. The van der Waals surface area contributed by atoms with Crippen LogP contribution in [0, 0.1) is 10.1 Å². The van der Waals surface area contributed by atoms with E-state index in [0.29, 0.717) is 25.6 Å². The maximum atomic E-state index is 10.5. The zero-order valence-corrected chi connectivity index (χ0v) is 10.2. The average Bonchev–Trinajstić information content (AvgIpc) is 2.27. The van der Waals surface area contributed by atoms with Crippen LogP contribution in [-0.2, 0) is 4.74 Å². The molecule has 3 N–H and O–H groups in total. The number of aromatic nitrogens is 1. The first-order chi connectivity index (χ1) is 8.50. The van der Waals surface area contributed by atoms with Crippen LogP contribution in [0.5, 0.6) is 0 Å². The highest BCUT2D eigenvalue weighted by Crippen LogP contribution is 2.20. The van der Waals surface area contributed by atoms with Crippen molar-refractivity contribution in [3.63, 3.8) is 0 Å². The lowest BCUT2D eigenvalue weighted by molar-refractivity contribution is -0.384. The quantitative estimate of drug-likeness (QED) is 0.330. The van der Waals surface area contributed by atoms with Crippen molar-refractivity contribution in [3.05, 3.63) is 34.4 Å². The zero-order valence-electron chi connectivity index (χ0n) is 10.2. The van der Waals surface area contributed by atoms with E-state index in [1.807, 2.05) is 6.92 Å². The number of hydrogen-bond donors (Lipinski definition) is 2. The second kappa shape index (κ2) is 6.55. The van der Waals surface area contributed by atoms with Crippen LogP contribution >= 0.6 is 0 Å². The van der Waals surface area contributed by atoms with Gasteiger partial charge in [-0.05, 0) is 13.0 Å². The smallest absolute Gasteiger partial charge is 0.311 e. The van der Waals surface area contributed by atoms with E-state index in [1.165, 1.54) is 12.1 Å². The van der Waals surface area contributed by atoms with Crippen molar-refractivity contribution in [1.82, 2.24) is 4.98 Å². The summed E-state index contributed by atoms with van der Waals surface area (Å²) in [7, 11) is 0. The Kier molecular flexibility index (Phi) is 5.06. The monoisotopic (exact) mass is 252 g/mol. The van der Waals surface area contributed by atoms with Gasteiger partial charge in [-0.25, -0.2) is 4.98 Å². The highest BCUT2D eigenvalue weighted by Gasteiger charge is 2.12. The Labute approximate surface area is 105 Å². The topological polar surface area (TPSA) is 103 Å². The van der Waals surface area contributed by atoms with Crippen LogP contribution in [0.2, 0.25) is 0 Å². The molecular weight excluding hydrogens is 236 g/mol. The summed E-state index contributed by atoms with van der Waals surface area (Å²) in [5.74, 6) is 0.380. The summed E-state index contributed by atoms with van der Waals surface area (Å²) in [6.07, 6.45) is 0. The van der Waals surface area contributed by atoms with Crippen LogP contribution in [0.4, 0.5) is 17.3 Å². The van der Waals surface area contributed by atoms with Crippen molar-refractivity contribution in [2.24, 2.45) is 0 Å². The van der Waals surface area contributed by atoms with Gasteiger partial charge in [0.15, 0.2) is 0 Å². The van der Waals surface area contributed by atoms with E-state index in [4.69, 9.17) is 10.5 Å². The van der Waals surface area contributed by atoms with Gasteiger partial charge in [0.25, 0.3) is 0 Å². The molecule has 1 aromatic rings. The summed E-state index contributed by atoms with van der Waals surface area (Å²) in [4.78, 5) is 13.8. The van der Waals surface area contributed by atoms with E-state index < -0.39 is 4.92 Å². The molecule has 0 saturated heterocycles. The Morgan fingerprint density at radius 3 is 2.94 bits per heavy atom. The molecular formula is C11H16N4O3. The Balaban J connectivity index is 2.42. The van der Waals surface area contributed by atoms with Gasteiger partial charge in [-0.1, -0.05) is 12.2 Å². The van der Waals surface area contributed by atoms with E-state index >= 15 is 0 Å². The summed E-state index contributed by atoms with van der Waals surface area (Å²) >= 11 is 0. The SMILES string of the molecule is C=C(C)COCCNc1ccc([N+](=O)[O-])c(N)n1. The molecule has 1 aromatic heterocycles. The Hall–Kier alpha value is -2.15. The zero-order chi connectivity index (χ0) is 13.5. The number of anilines is 2. The van der Waals surface area contributed by atoms with E-state index in [1.54, 1.807) is 0 Å². The van der Waals surface area contributed by atoms with Gasteiger partial charge in [0.1, 0.15) is 5.82 Å². The van der Waals surface area contributed by atoms with Gasteiger partial charge in [0.05, 0.1) is 18.1 Å². The number of ether oxygens (including phenoxy) is 1. The Morgan fingerprint density at radius 1 is 1.67 bits per heavy atom. The molecule has 0 aliphatic heterocycles. The molecule has 0 spiro atoms. The van der Waals surface area contributed by atoms with Gasteiger partial charge < -0.3 is 15.8 Å². The highest BCUT2D eigenvalue weighted by atomic mass is 16.6. The molecule has 18 heavy (non-hydrogen) atoms. The number of nitrogens with zero attached hydrogens (tertiary/aromatic N) is 2. The average molecular weight is 252 g/mol. The number of nitro groups is 1. The molecule has 0 fully saturated rings. The summed E-state index contributed by atoms with van der Waals surface area (Å²) in [6.45, 7) is 7.13. The molecule has 0 bridgehead atoms. The third-order valence-electron chi connectivity index (χ3n) is 2.00. The minimum Gasteiger partial charge on any atom is -0.378 e. The molecule has 0 aromatic carbocycles. The number of hydrogen-bond acceptors (Lipinski definition) is 6. The van der Waals surface area contributed by atoms with Crippen LogP contribution in [0.3, 0.4) is 0 Å². The van der Waals surface area contributed by atoms with Crippen molar-refractivity contribution in [3.8, 4) is 0 Å². The van der Waals surface area contributed by atoms with E-state index in [2.05, 4.69) is 16.9 Å². The number of nitrogens with two attached hydrogens (primary N) is 1. The second-order valence-electron chi connectivity index (χ2n) is 3.79. The third-order valence-corrected chi connectivity index (χ3v) is 2.00. The lowest BCUT2D eigenvalue weighted by Crippen LogP contribution is -2.12. The number of pyridine rings is 1. The Bertz CT molecular complexity index is 448. The van der Waals surface area contributed by atoms with Crippen LogP contribution < -0.4 is 11.1 Å². The van der Waals surface area contributed by atoms with Crippen molar-refractivity contribution >= 4 is 17.3 Å². The van der Waals surface area contributed by atoms with Gasteiger partial charge in [0, 0.05) is 12.6 Å². The number of rotatable bonds is 7. The summed E-state index contributed by atoms with van der Waals surface area (Å²) in [6, 6.07) is 2.83. The fourth-order valence-corrected chi connectivity index (χ4v) is 1.22. The van der Waals surface area contributed by atoms with Crippen molar-refractivity contribution in [2.75, 3.05) is 30.8 Å². The molecule has 0 atom stereocenters. The largest absolute Gasteiger partial charge is 0.378 e. The number of nitrogen functional groups attached to an aromatic ring is 1.